The molecule has 0 bridgehead atoms. The van der Waals surface area contributed by atoms with Crippen LogP contribution < -0.4 is 15.8 Å². The number of pyridine rings is 1. The lowest BCUT2D eigenvalue weighted by molar-refractivity contribution is -0.131. The lowest BCUT2D eigenvalue weighted by Crippen LogP contribution is -2.33. The predicted molar refractivity (Wildman–Crippen MR) is 105 cm³/mol. The van der Waals surface area contributed by atoms with Gasteiger partial charge in [0.2, 0.25) is 0 Å². The minimum atomic E-state index is -3.16. The van der Waals surface area contributed by atoms with Gasteiger partial charge in [-0.1, -0.05) is 13.0 Å². The molecule has 1 fully saturated rings. The second-order valence-electron chi connectivity index (χ2n) is 7.80. The van der Waals surface area contributed by atoms with Crippen molar-refractivity contribution in [2.75, 3.05) is 5.32 Å². The molecule has 2 aromatic rings. The van der Waals surface area contributed by atoms with Crippen LogP contribution in [0.2, 0.25) is 0 Å². The molecule has 1 aromatic carbocycles. The summed E-state index contributed by atoms with van der Waals surface area (Å²) in [4.78, 5) is 28.2. The van der Waals surface area contributed by atoms with Gasteiger partial charge in [-0.25, -0.2) is 4.39 Å². The average Bonchev–Trinajstić information content (AvgIpc) is 2.91. The largest absolute Gasteiger partial charge is 0.434 e. The fourth-order valence-corrected chi connectivity index (χ4v) is 3.69. The number of amides is 2. The molecule has 1 saturated heterocycles. The van der Waals surface area contributed by atoms with Gasteiger partial charge in [-0.05, 0) is 38.0 Å². The summed E-state index contributed by atoms with van der Waals surface area (Å²) in [5.41, 5.74) is 4.87. The number of nitrogens with two attached hydrogens (primary N) is 1. The third kappa shape index (κ3) is 4.79. The van der Waals surface area contributed by atoms with Crippen LogP contribution in [0.25, 0.3) is 0 Å². The molecule has 0 saturated carbocycles. The summed E-state index contributed by atoms with van der Waals surface area (Å²) < 4.78 is 50.0. The van der Waals surface area contributed by atoms with E-state index >= 15 is 0 Å². The molecular weight excluding hydrogens is 415 g/mol. The van der Waals surface area contributed by atoms with Crippen LogP contribution in [-0.4, -0.2) is 35.1 Å². The molecule has 1 aliphatic heterocycles. The maximum atomic E-state index is 13.7. The highest BCUT2D eigenvalue weighted by atomic mass is 19.3. The van der Waals surface area contributed by atoms with Gasteiger partial charge in [0.15, 0.2) is 0 Å². The number of benzene rings is 1. The maximum Gasteiger partial charge on any atom is 0.387 e. The number of carbonyl (C=O) groups is 2. The first kappa shape index (κ1) is 22.5. The van der Waals surface area contributed by atoms with Gasteiger partial charge in [-0.15, -0.1) is 0 Å². The van der Waals surface area contributed by atoms with Crippen molar-refractivity contribution in [1.82, 2.24) is 4.98 Å². The smallest absolute Gasteiger partial charge is 0.387 e. The summed E-state index contributed by atoms with van der Waals surface area (Å²) in [6.07, 6.45) is 0.213. The Bertz CT molecular complexity index is 1000. The zero-order chi connectivity index (χ0) is 22.9. The van der Waals surface area contributed by atoms with E-state index in [1.54, 1.807) is 13.8 Å². The highest BCUT2D eigenvalue weighted by molar-refractivity contribution is 5.97. The predicted octanol–water partition coefficient (Wildman–Crippen LogP) is 3.46. The number of alkyl halides is 2. The van der Waals surface area contributed by atoms with Crippen molar-refractivity contribution in [3.8, 4) is 5.75 Å². The van der Waals surface area contributed by atoms with Crippen LogP contribution in [0.1, 0.15) is 42.7 Å². The summed E-state index contributed by atoms with van der Waals surface area (Å²) in [6.45, 7) is 2.19. The van der Waals surface area contributed by atoms with Gasteiger partial charge >= 0.3 is 6.61 Å². The number of carbonyl (C=O) groups excluding carboxylic acids is 2. The van der Waals surface area contributed by atoms with Crippen LogP contribution in [0.3, 0.4) is 0 Å². The van der Waals surface area contributed by atoms with Gasteiger partial charge in [-0.2, -0.15) is 8.78 Å². The second-order valence-corrected chi connectivity index (χ2v) is 7.80. The van der Waals surface area contributed by atoms with Crippen molar-refractivity contribution >= 4 is 17.5 Å². The Morgan fingerprint density at radius 1 is 1.26 bits per heavy atom. The van der Waals surface area contributed by atoms with Gasteiger partial charge < -0.3 is 20.5 Å². The Labute approximate surface area is 176 Å². The molecule has 166 valence electrons. The number of halogens is 3. The highest BCUT2D eigenvalue weighted by Gasteiger charge is 2.51. The molecule has 0 aliphatic carbocycles. The highest BCUT2D eigenvalue weighted by Crippen LogP contribution is 2.48. The van der Waals surface area contributed by atoms with Gasteiger partial charge in [-0.3, -0.25) is 14.6 Å². The summed E-state index contributed by atoms with van der Waals surface area (Å²) in [5, 5.41) is 2.63. The van der Waals surface area contributed by atoms with E-state index in [0.717, 1.165) is 12.1 Å². The molecule has 2 amide bonds. The first-order valence-electron chi connectivity index (χ1n) is 9.48. The van der Waals surface area contributed by atoms with Crippen molar-refractivity contribution in [3.63, 3.8) is 0 Å². The lowest BCUT2D eigenvalue weighted by Gasteiger charge is -2.26. The van der Waals surface area contributed by atoms with Crippen LogP contribution in [-0.2, 0) is 9.53 Å². The van der Waals surface area contributed by atoms with Gasteiger partial charge in [0, 0.05) is 29.4 Å². The van der Waals surface area contributed by atoms with Crippen molar-refractivity contribution in [2.24, 2.45) is 11.7 Å². The van der Waals surface area contributed by atoms with Crippen molar-refractivity contribution in [2.45, 2.75) is 45.0 Å². The zero-order valence-corrected chi connectivity index (χ0v) is 17.1. The van der Waals surface area contributed by atoms with E-state index in [0.29, 0.717) is 0 Å². The first-order valence-corrected chi connectivity index (χ1v) is 9.48. The second kappa shape index (κ2) is 8.54. The molecule has 0 spiro atoms. The minimum Gasteiger partial charge on any atom is -0.434 e. The number of nitrogens with zero attached hydrogens (tertiary/aromatic N) is 1. The number of aromatic nitrogens is 1. The number of anilines is 1. The Balaban J connectivity index is 1.96. The Morgan fingerprint density at radius 2 is 1.97 bits per heavy atom. The Kier molecular flexibility index (Phi) is 6.21. The van der Waals surface area contributed by atoms with Crippen LogP contribution in [0.5, 0.6) is 5.75 Å². The third-order valence-corrected chi connectivity index (χ3v) is 5.48. The van der Waals surface area contributed by atoms with E-state index in [-0.39, 0.29) is 28.6 Å². The quantitative estimate of drug-likeness (QED) is 0.721. The summed E-state index contributed by atoms with van der Waals surface area (Å²) >= 11 is 0. The van der Waals surface area contributed by atoms with E-state index in [4.69, 9.17) is 10.5 Å². The Hall–Kier alpha value is -3.14. The van der Waals surface area contributed by atoms with E-state index in [2.05, 4.69) is 15.0 Å². The lowest BCUT2D eigenvalue weighted by atomic mass is 9.78. The summed E-state index contributed by atoms with van der Waals surface area (Å²) in [7, 11) is 0. The van der Waals surface area contributed by atoms with Crippen LogP contribution in [0, 0.1) is 11.7 Å². The molecule has 1 aliphatic rings. The van der Waals surface area contributed by atoms with Gasteiger partial charge in [0.25, 0.3) is 11.8 Å². The van der Waals surface area contributed by atoms with E-state index in [1.807, 2.05) is 6.92 Å². The molecule has 3 atom stereocenters. The number of hydrogen-bond donors (Lipinski definition) is 2. The monoisotopic (exact) mass is 437 g/mol. The maximum absolute atomic E-state index is 13.7. The molecule has 2 heterocycles. The molecule has 0 unspecified atom stereocenters. The molecule has 31 heavy (non-hydrogen) atoms. The van der Waals surface area contributed by atoms with Gasteiger partial charge in [0.05, 0.1) is 5.60 Å². The van der Waals surface area contributed by atoms with Crippen molar-refractivity contribution in [1.29, 1.82) is 0 Å². The molecule has 0 radical (unpaired) electrons. The topological polar surface area (TPSA) is 104 Å². The van der Waals surface area contributed by atoms with E-state index in [1.165, 1.54) is 24.4 Å². The SMILES string of the molecule is C[C@@H]1[C@@H](c2ccc(F)cc2OC(F)F)[C@@H](C(=O)Nc2ccnc(C(N)=O)c2)OC1(C)C. The third-order valence-electron chi connectivity index (χ3n) is 5.48. The number of nitrogens with one attached hydrogen (secondary N) is 1. The first-order chi connectivity index (χ1) is 14.5. The molecule has 1 aromatic heterocycles. The Morgan fingerprint density at radius 3 is 2.61 bits per heavy atom. The van der Waals surface area contributed by atoms with Crippen molar-refractivity contribution < 1.29 is 32.2 Å². The fraction of sp³-hybridized carbons (Fsp3) is 0.381. The number of rotatable bonds is 6. The van der Waals surface area contributed by atoms with Crippen LogP contribution in [0.15, 0.2) is 36.5 Å². The van der Waals surface area contributed by atoms with Gasteiger partial charge in [0.1, 0.15) is 23.4 Å². The average molecular weight is 437 g/mol. The van der Waals surface area contributed by atoms with Crippen LogP contribution >= 0.6 is 0 Å². The minimum absolute atomic E-state index is 0.0402. The normalized spacial score (nSPS) is 22.4. The molecule has 10 heteroatoms. The summed E-state index contributed by atoms with van der Waals surface area (Å²) in [6, 6.07) is 6.06. The molecule has 7 nitrogen and oxygen atoms in total. The number of ether oxygens (including phenoxy) is 2. The molecular formula is C21H22F3N3O4. The molecule has 3 N–H and O–H groups in total. The molecule has 3 rings (SSSR count). The van der Waals surface area contributed by atoms with Crippen LogP contribution in [0.4, 0.5) is 18.9 Å². The number of primary amides is 1. The van der Waals surface area contributed by atoms with E-state index in [9.17, 15) is 22.8 Å². The fourth-order valence-electron chi connectivity index (χ4n) is 3.69. The standard InChI is InChI=1S/C21H22F3N3O4/c1-10-16(13-5-4-11(22)8-15(13)30-20(23)24)17(31-21(10,2)3)19(29)27-12-6-7-26-14(9-12)18(25)28/h4-10,16-17,20H,1-3H3,(H2,25,28)(H,26,27,29)/t10-,16+,17+/m1/s1. The van der Waals surface area contributed by atoms with Crippen molar-refractivity contribution in [3.05, 3.63) is 53.6 Å². The summed E-state index contributed by atoms with van der Waals surface area (Å²) in [5.74, 6) is -3.46. The number of hydrogen-bond acceptors (Lipinski definition) is 5. The zero-order valence-electron chi connectivity index (χ0n) is 17.1. The van der Waals surface area contributed by atoms with E-state index < -0.39 is 41.9 Å².